The van der Waals surface area contributed by atoms with Gasteiger partial charge in [-0.1, -0.05) is 6.92 Å². The number of nitrogens with one attached hydrogen (secondary N) is 1. The highest BCUT2D eigenvalue weighted by atomic mass is 19.1. The van der Waals surface area contributed by atoms with Crippen molar-refractivity contribution in [1.29, 1.82) is 0 Å². The number of hydrogen-bond donors (Lipinski definition) is 4. The van der Waals surface area contributed by atoms with Crippen molar-refractivity contribution in [2.75, 3.05) is 19.4 Å². The van der Waals surface area contributed by atoms with E-state index in [1.165, 1.54) is 6.07 Å². The van der Waals surface area contributed by atoms with Gasteiger partial charge in [0.25, 0.3) is 5.91 Å². The van der Waals surface area contributed by atoms with Crippen LogP contribution in [0, 0.1) is 17.5 Å². The van der Waals surface area contributed by atoms with E-state index in [-0.39, 0.29) is 39.5 Å². The Hall–Kier alpha value is -3.36. The number of amides is 1. The molecule has 0 aliphatic carbocycles. The number of hydrogen-bond acceptors (Lipinski definition) is 5. The van der Waals surface area contributed by atoms with Crippen molar-refractivity contribution >= 4 is 17.3 Å². The smallest absolute Gasteiger partial charge is 0.269 e. The summed E-state index contributed by atoms with van der Waals surface area (Å²) in [6, 6.07) is 3.72. The Labute approximate surface area is 160 Å². The highest BCUT2D eigenvalue weighted by molar-refractivity contribution is 6.01. The molecule has 0 saturated carbocycles. The van der Waals surface area contributed by atoms with Gasteiger partial charge in [-0.05, 0) is 24.6 Å². The molecule has 0 saturated heterocycles. The van der Waals surface area contributed by atoms with Crippen LogP contribution in [0.5, 0.6) is 5.75 Å². The van der Waals surface area contributed by atoms with Gasteiger partial charge in [0.15, 0.2) is 11.6 Å². The predicted molar refractivity (Wildman–Crippen MR) is 101 cm³/mol. The first kappa shape index (κ1) is 20.9. The zero-order chi connectivity index (χ0) is 21.0. The molecule has 0 aromatic heterocycles. The van der Waals surface area contributed by atoms with Crippen LogP contribution in [0.4, 0.5) is 18.9 Å². The second-order valence-corrected chi connectivity index (χ2v) is 5.94. The molecule has 0 atom stereocenters. The SMILES string of the molecule is CCCNC(=O)/C(N)=C(\N)c1ccc(F)c(-c2cc(F)cc(F)c2OC)c1N. The van der Waals surface area contributed by atoms with Crippen LogP contribution >= 0.6 is 0 Å². The molecule has 0 fully saturated rings. The number of nitrogens with two attached hydrogens (primary N) is 3. The first-order chi connectivity index (χ1) is 13.2. The van der Waals surface area contributed by atoms with Crippen LogP contribution in [-0.2, 0) is 4.79 Å². The highest BCUT2D eigenvalue weighted by Crippen LogP contribution is 2.40. The second kappa shape index (κ2) is 8.55. The maximum absolute atomic E-state index is 14.5. The number of carbonyl (C=O) groups excluding carboxylic acids is 1. The van der Waals surface area contributed by atoms with Crippen molar-refractivity contribution in [1.82, 2.24) is 5.32 Å². The molecule has 0 aliphatic heterocycles. The maximum atomic E-state index is 14.5. The largest absolute Gasteiger partial charge is 0.493 e. The van der Waals surface area contributed by atoms with E-state index in [4.69, 9.17) is 21.9 Å². The van der Waals surface area contributed by atoms with Crippen LogP contribution in [-0.4, -0.2) is 19.6 Å². The van der Waals surface area contributed by atoms with Crippen molar-refractivity contribution in [2.24, 2.45) is 11.5 Å². The summed E-state index contributed by atoms with van der Waals surface area (Å²) in [4.78, 5) is 12.0. The minimum Gasteiger partial charge on any atom is -0.493 e. The van der Waals surface area contributed by atoms with Crippen molar-refractivity contribution in [2.45, 2.75) is 13.3 Å². The minimum absolute atomic E-state index is 0.0484. The van der Waals surface area contributed by atoms with Gasteiger partial charge in [0.1, 0.15) is 17.3 Å². The third-order valence-corrected chi connectivity index (χ3v) is 4.04. The number of ether oxygens (including phenoxy) is 1. The van der Waals surface area contributed by atoms with E-state index in [1.807, 2.05) is 6.92 Å². The van der Waals surface area contributed by atoms with Crippen LogP contribution in [0.25, 0.3) is 16.8 Å². The molecular weight excluding hydrogens is 373 g/mol. The van der Waals surface area contributed by atoms with Gasteiger partial charge in [0.05, 0.1) is 18.5 Å². The summed E-state index contributed by atoms with van der Waals surface area (Å²) in [5.41, 5.74) is 16.5. The lowest BCUT2D eigenvalue weighted by Gasteiger charge is -2.17. The quantitative estimate of drug-likeness (QED) is 0.444. The summed E-state index contributed by atoms with van der Waals surface area (Å²) in [5.74, 6) is -3.83. The number of anilines is 1. The van der Waals surface area contributed by atoms with E-state index in [9.17, 15) is 18.0 Å². The fourth-order valence-electron chi connectivity index (χ4n) is 2.66. The number of rotatable bonds is 6. The summed E-state index contributed by atoms with van der Waals surface area (Å²) in [5, 5.41) is 2.56. The standard InChI is InChI=1S/C19H21F3N4O2/c1-3-6-26-19(27)17(25)16(24)10-4-5-12(21)14(15(10)23)11-7-9(20)8-13(22)18(11)28-2/h4-5,7-8H,3,6,23-25H2,1-2H3,(H,26,27)/b17-16+. The fraction of sp³-hybridized carbons (Fsp3) is 0.211. The van der Waals surface area contributed by atoms with E-state index in [0.717, 1.165) is 19.2 Å². The molecule has 0 bridgehead atoms. The molecule has 0 heterocycles. The zero-order valence-corrected chi connectivity index (χ0v) is 15.4. The van der Waals surface area contributed by atoms with Crippen LogP contribution in [0.1, 0.15) is 18.9 Å². The first-order valence-corrected chi connectivity index (χ1v) is 8.38. The number of carbonyl (C=O) groups is 1. The summed E-state index contributed by atoms with van der Waals surface area (Å²) < 4.78 is 47.2. The summed E-state index contributed by atoms with van der Waals surface area (Å²) in [6.07, 6.45) is 0.687. The van der Waals surface area contributed by atoms with Crippen LogP contribution < -0.4 is 27.3 Å². The Morgan fingerprint density at radius 1 is 1.14 bits per heavy atom. The molecule has 0 aliphatic rings. The number of benzene rings is 2. The molecule has 7 N–H and O–H groups in total. The average molecular weight is 394 g/mol. The Kier molecular flexibility index (Phi) is 6.40. The number of methoxy groups -OCH3 is 1. The van der Waals surface area contributed by atoms with E-state index in [0.29, 0.717) is 19.0 Å². The van der Waals surface area contributed by atoms with E-state index < -0.39 is 23.4 Å². The van der Waals surface area contributed by atoms with Gasteiger partial charge in [-0.2, -0.15) is 0 Å². The molecule has 2 aromatic carbocycles. The lowest BCUT2D eigenvalue weighted by atomic mass is 9.96. The molecule has 0 spiro atoms. The van der Waals surface area contributed by atoms with Gasteiger partial charge in [-0.15, -0.1) is 0 Å². The lowest BCUT2D eigenvalue weighted by molar-refractivity contribution is -0.117. The van der Waals surface area contributed by atoms with Gasteiger partial charge < -0.3 is 27.3 Å². The molecule has 2 aromatic rings. The Morgan fingerprint density at radius 2 is 1.82 bits per heavy atom. The maximum Gasteiger partial charge on any atom is 0.269 e. The second-order valence-electron chi connectivity index (χ2n) is 5.94. The molecule has 0 radical (unpaired) electrons. The van der Waals surface area contributed by atoms with Crippen LogP contribution in [0.2, 0.25) is 0 Å². The topological polar surface area (TPSA) is 116 Å². The van der Waals surface area contributed by atoms with Gasteiger partial charge in [0, 0.05) is 29.3 Å². The lowest BCUT2D eigenvalue weighted by Crippen LogP contribution is -2.31. The molecule has 6 nitrogen and oxygen atoms in total. The van der Waals surface area contributed by atoms with E-state index >= 15 is 0 Å². The highest BCUT2D eigenvalue weighted by Gasteiger charge is 2.22. The Balaban J connectivity index is 2.68. The summed E-state index contributed by atoms with van der Waals surface area (Å²) >= 11 is 0. The van der Waals surface area contributed by atoms with E-state index in [1.54, 1.807) is 0 Å². The zero-order valence-electron chi connectivity index (χ0n) is 15.4. The molecular formula is C19H21F3N4O2. The molecule has 9 heteroatoms. The van der Waals surface area contributed by atoms with Gasteiger partial charge in [-0.25, -0.2) is 13.2 Å². The summed E-state index contributed by atoms with van der Waals surface area (Å²) in [7, 11) is 1.15. The van der Waals surface area contributed by atoms with Crippen molar-refractivity contribution in [3.8, 4) is 16.9 Å². The Bertz CT molecular complexity index is 945. The van der Waals surface area contributed by atoms with Crippen molar-refractivity contribution in [3.63, 3.8) is 0 Å². The Morgan fingerprint density at radius 3 is 2.43 bits per heavy atom. The molecule has 28 heavy (non-hydrogen) atoms. The predicted octanol–water partition coefficient (Wildman–Crippen LogP) is 2.47. The third kappa shape index (κ3) is 3.98. The molecule has 1 amide bonds. The van der Waals surface area contributed by atoms with E-state index in [2.05, 4.69) is 5.32 Å². The van der Waals surface area contributed by atoms with Crippen molar-refractivity contribution in [3.05, 3.63) is 53.0 Å². The van der Waals surface area contributed by atoms with Crippen LogP contribution in [0.3, 0.4) is 0 Å². The number of nitrogen functional groups attached to an aromatic ring is 1. The monoisotopic (exact) mass is 394 g/mol. The first-order valence-electron chi connectivity index (χ1n) is 8.38. The number of halogens is 3. The van der Waals surface area contributed by atoms with Gasteiger partial charge in [-0.3, -0.25) is 4.79 Å². The van der Waals surface area contributed by atoms with Gasteiger partial charge >= 0.3 is 0 Å². The van der Waals surface area contributed by atoms with Gasteiger partial charge in [0.2, 0.25) is 0 Å². The molecule has 2 rings (SSSR count). The fourth-order valence-corrected chi connectivity index (χ4v) is 2.66. The average Bonchev–Trinajstić information content (AvgIpc) is 2.64. The van der Waals surface area contributed by atoms with Crippen LogP contribution in [0.15, 0.2) is 30.0 Å². The normalized spacial score (nSPS) is 11.8. The third-order valence-electron chi connectivity index (χ3n) is 4.04. The summed E-state index contributed by atoms with van der Waals surface area (Å²) in [6.45, 7) is 2.25. The minimum atomic E-state index is -1.02. The molecule has 150 valence electrons. The van der Waals surface area contributed by atoms with Crippen molar-refractivity contribution < 1.29 is 22.7 Å². The molecule has 0 unspecified atom stereocenters.